The maximum atomic E-state index is 5.83. The molecule has 2 unspecified atom stereocenters. The quantitative estimate of drug-likeness (QED) is 0.941. The van der Waals surface area contributed by atoms with Crippen molar-refractivity contribution < 1.29 is 0 Å². The van der Waals surface area contributed by atoms with Crippen LogP contribution >= 0.6 is 15.9 Å². The van der Waals surface area contributed by atoms with Crippen LogP contribution in [0.5, 0.6) is 0 Å². The molecule has 17 heavy (non-hydrogen) atoms. The van der Waals surface area contributed by atoms with E-state index in [-0.39, 0.29) is 12.1 Å². The Morgan fingerprint density at radius 2 is 2.12 bits per heavy atom. The summed E-state index contributed by atoms with van der Waals surface area (Å²) in [5.41, 5.74) is 6.97. The molecule has 1 heterocycles. The van der Waals surface area contributed by atoms with E-state index in [9.17, 15) is 0 Å². The van der Waals surface area contributed by atoms with Crippen LogP contribution in [0.1, 0.15) is 37.3 Å². The Morgan fingerprint density at radius 1 is 1.35 bits per heavy atom. The Kier molecular flexibility index (Phi) is 3.54. The lowest BCUT2D eigenvalue weighted by Gasteiger charge is -2.15. The van der Waals surface area contributed by atoms with E-state index in [0.717, 1.165) is 10.0 Å². The van der Waals surface area contributed by atoms with E-state index in [2.05, 4.69) is 37.5 Å². The summed E-state index contributed by atoms with van der Waals surface area (Å²) in [5.74, 6) is 0.692. The zero-order valence-corrected chi connectivity index (χ0v) is 11.3. The average molecular weight is 296 g/mol. The van der Waals surface area contributed by atoms with Crippen molar-refractivity contribution in [2.45, 2.75) is 25.9 Å². The number of nitrogens with two attached hydrogens (primary N) is 1. The minimum Gasteiger partial charge on any atom is -0.322 e. The van der Waals surface area contributed by atoms with Gasteiger partial charge >= 0.3 is 0 Å². The van der Waals surface area contributed by atoms with E-state index in [0.29, 0.717) is 5.82 Å². The van der Waals surface area contributed by atoms with Crippen molar-refractivity contribution in [3.05, 3.63) is 40.1 Å². The summed E-state index contributed by atoms with van der Waals surface area (Å²) in [6.45, 7) is 3.92. The van der Waals surface area contributed by atoms with Crippen LogP contribution in [0.25, 0.3) is 0 Å². The van der Waals surface area contributed by atoms with Gasteiger partial charge in [-0.3, -0.25) is 0 Å². The van der Waals surface area contributed by atoms with Crippen molar-refractivity contribution >= 4 is 15.9 Å². The first-order valence-corrected chi connectivity index (χ1v) is 6.17. The fourth-order valence-electron chi connectivity index (χ4n) is 1.68. The van der Waals surface area contributed by atoms with Gasteiger partial charge in [-0.05, 0) is 42.0 Å². The molecule has 1 aromatic heterocycles. The van der Waals surface area contributed by atoms with Crippen LogP contribution in [0.3, 0.4) is 0 Å². The third kappa shape index (κ3) is 2.53. The minimum atomic E-state index is -0.181. The molecule has 0 saturated heterocycles. The smallest absolute Gasteiger partial charge is 0.168 e. The van der Waals surface area contributed by atoms with Crippen LogP contribution in [-0.2, 0) is 0 Å². The molecular weight excluding hydrogens is 282 g/mol. The predicted octanol–water partition coefficient (Wildman–Crippen LogP) is 2.06. The number of aromatic nitrogens is 4. The fraction of sp³-hybridized carbons (Fsp3) is 0.364. The molecule has 0 saturated carbocycles. The Hall–Kier alpha value is -1.27. The number of tetrazole rings is 1. The third-order valence-corrected chi connectivity index (χ3v) is 3.12. The van der Waals surface area contributed by atoms with Crippen LogP contribution < -0.4 is 5.73 Å². The summed E-state index contributed by atoms with van der Waals surface area (Å²) in [6.07, 6.45) is 0. The highest BCUT2D eigenvalue weighted by Crippen LogP contribution is 2.22. The number of rotatable bonds is 3. The molecule has 0 aliphatic carbocycles. The van der Waals surface area contributed by atoms with Gasteiger partial charge in [-0.2, -0.15) is 0 Å². The first-order chi connectivity index (χ1) is 8.09. The lowest BCUT2D eigenvalue weighted by Crippen LogP contribution is -2.18. The van der Waals surface area contributed by atoms with E-state index in [4.69, 9.17) is 5.73 Å². The molecule has 0 aliphatic rings. The normalized spacial score (nSPS) is 14.6. The van der Waals surface area contributed by atoms with Gasteiger partial charge in [-0.25, -0.2) is 4.68 Å². The van der Waals surface area contributed by atoms with Crippen LogP contribution in [0, 0.1) is 0 Å². The molecular formula is C11H14BrN5. The second-order valence-electron chi connectivity index (χ2n) is 4.00. The summed E-state index contributed by atoms with van der Waals surface area (Å²) < 4.78 is 2.80. The maximum absolute atomic E-state index is 5.83. The molecule has 2 aromatic rings. The van der Waals surface area contributed by atoms with E-state index >= 15 is 0 Å². The molecule has 5 nitrogen and oxygen atoms in total. The molecule has 0 spiro atoms. The summed E-state index contributed by atoms with van der Waals surface area (Å²) in [6, 6.07) is 7.95. The van der Waals surface area contributed by atoms with Crippen LogP contribution in [-0.4, -0.2) is 20.2 Å². The molecule has 0 fully saturated rings. The van der Waals surface area contributed by atoms with Crippen LogP contribution in [0.2, 0.25) is 0 Å². The molecule has 6 heteroatoms. The lowest BCUT2D eigenvalue weighted by atomic mass is 10.1. The molecule has 2 N–H and O–H groups in total. The van der Waals surface area contributed by atoms with Crippen LogP contribution in [0.15, 0.2) is 28.7 Å². The average Bonchev–Trinajstić information content (AvgIpc) is 2.77. The van der Waals surface area contributed by atoms with Crippen LogP contribution in [0.4, 0.5) is 0 Å². The van der Waals surface area contributed by atoms with Crippen molar-refractivity contribution in [3.63, 3.8) is 0 Å². The van der Waals surface area contributed by atoms with Gasteiger partial charge in [-0.1, -0.05) is 28.1 Å². The Bertz CT molecular complexity index is 508. The van der Waals surface area contributed by atoms with Gasteiger partial charge in [-0.15, -0.1) is 5.10 Å². The first-order valence-electron chi connectivity index (χ1n) is 5.38. The summed E-state index contributed by atoms with van der Waals surface area (Å²) in [7, 11) is 0. The molecule has 0 aliphatic heterocycles. The van der Waals surface area contributed by atoms with E-state index in [1.54, 1.807) is 4.68 Å². The zero-order valence-electron chi connectivity index (χ0n) is 9.71. The monoisotopic (exact) mass is 295 g/mol. The number of nitrogens with zero attached hydrogens (tertiary/aromatic N) is 4. The van der Waals surface area contributed by atoms with Gasteiger partial charge in [0.1, 0.15) is 0 Å². The fourth-order valence-corrected chi connectivity index (χ4v) is 2.10. The first kappa shape index (κ1) is 12.2. The largest absolute Gasteiger partial charge is 0.322 e. The van der Waals surface area contributed by atoms with Crippen molar-refractivity contribution in [3.8, 4) is 0 Å². The van der Waals surface area contributed by atoms with E-state index < -0.39 is 0 Å². The van der Waals surface area contributed by atoms with Crippen molar-refractivity contribution in [2.75, 3.05) is 0 Å². The summed E-state index contributed by atoms with van der Waals surface area (Å²) in [5, 5.41) is 11.6. The highest BCUT2D eigenvalue weighted by atomic mass is 79.9. The topological polar surface area (TPSA) is 69.6 Å². The number of hydrogen-bond acceptors (Lipinski definition) is 4. The number of benzene rings is 1. The summed E-state index contributed by atoms with van der Waals surface area (Å²) >= 11 is 3.46. The highest BCUT2D eigenvalue weighted by Gasteiger charge is 2.17. The Morgan fingerprint density at radius 3 is 2.76 bits per heavy atom. The molecule has 90 valence electrons. The molecule has 2 rings (SSSR count). The number of halogens is 1. The maximum Gasteiger partial charge on any atom is 0.168 e. The molecule has 1 aromatic carbocycles. The van der Waals surface area contributed by atoms with Crippen molar-refractivity contribution in [1.29, 1.82) is 0 Å². The molecule has 2 atom stereocenters. The third-order valence-electron chi connectivity index (χ3n) is 2.62. The summed E-state index contributed by atoms with van der Waals surface area (Å²) in [4.78, 5) is 0. The van der Waals surface area contributed by atoms with Crippen molar-refractivity contribution in [1.82, 2.24) is 20.2 Å². The van der Waals surface area contributed by atoms with E-state index in [1.807, 2.05) is 32.0 Å². The lowest BCUT2D eigenvalue weighted by molar-refractivity contribution is 0.504. The predicted molar refractivity (Wildman–Crippen MR) is 68.4 cm³/mol. The molecule has 0 radical (unpaired) electrons. The minimum absolute atomic E-state index is 0.0588. The van der Waals surface area contributed by atoms with Gasteiger partial charge in [0.15, 0.2) is 5.82 Å². The van der Waals surface area contributed by atoms with Gasteiger partial charge < -0.3 is 5.73 Å². The SMILES string of the molecule is CC(N)c1nnnn1C(C)c1cccc(Br)c1. The Balaban J connectivity index is 2.37. The van der Waals surface area contributed by atoms with Gasteiger partial charge in [0.25, 0.3) is 0 Å². The van der Waals surface area contributed by atoms with Gasteiger partial charge in [0.05, 0.1) is 12.1 Å². The zero-order chi connectivity index (χ0) is 12.4. The number of hydrogen-bond donors (Lipinski definition) is 1. The van der Waals surface area contributed by atoms with E-state index in [1.165, 1.54) is 0 Å². The van der Waals surface area contributed by atoms with Gasteiger partial charge in [0, 0.05) is 4.47 Å². The highest BCUT2D eigenvalue weighted by molar-refractivity contribution is 9.10. The second-order valence-corrected chi connectivity index (χ2v) is 4.92. The molecule has 0 bridgehead atoms. The standard InChI is InChI=1S/C11H14BrN5/c1-7(13)11-14-15-16-17(11)8(2)9-4-3-5-10(12)6-9/h3-8H,13H2,1-2H3. The van der Waals surface area contributed by atoms with Crippen molar-refractivity contribution in [2.24, 2.45) is 5.73 Å². The second kappa shape index (κ2) is 4.93. The Labute approximate surface area is 108 Å². The molecule has 0 amide bonds. The van der Waals surface area contributed by atoms with Gasteiger partial charge in [0.2, 0.25) is 0 Å².